The number of aliphatic hydroxyl groups is 1. The van der Waals surface area contributed by atoms with Crippen molar-refractivity contribution in [3.63, 3.8) is 0 Å². The molecule has 0 spiro atoms. The minimum atomic E-state index is -1.10. The normalized spacial score (nSPS) is 13.7. The average molecular weight is 344 g/mol. The van der Waals surface area contributed by atoms with Crippen molar-refractivity contribution in [3.8, 4) is 0 Å². The van der Waals surface area contributed by atoms with Gasteiger partial charge in [0.25, 0.3) is 0 Å². The maximum absolute atomic E-state index is 12.0. The van der Waals surface area contributed by atoms with E-state index < -0.39 is 5.60 Å². The lowest BCUT2D eigenvalue weighted by atomic mass is 9.99. The molecule has 0 saturated heterocycles. The predicted molar refractivity (Wildman–Crippen MR) is 87.1 cm³/mol. The number of amides is 1. The molecule has 2 rings (SSSR count). The van der Waals surface area contributed by atoms with E-state index in [0.717, 1.165) is 5.56 Å². The third kappa shape index (κ3) is 4.20. The summed E-state index contributed by atoms with van der Waals surface area (Å²) in [5.74, 6) is -0.236. The van der Waals surface area contributed by atoms with Gasteiger partial charge in [0.1, 0.15) is 5.60 Å². The van der Waals surface area contributed by atoms with Gasteiger partial charge in [-0.2, -0.15) is 11.3 Å². The number of thiophene rings is 1. The molecule has 3 nitrogen and oxygen atoms in total. The molecule has 2 N–H and O–H groups in total. The van der Waals surface area contributed by atoms with Gasteiger partial charge in [-0.15, -0.1) is 0 Å². The van der Waals surface area contributed by atoms with Crippen molar-refractivity contribution in [2.24, 2.45) is 0 Å². The molecular weight excluding hydrogens is 329 g/mol. The quantitative estimate of drug-likeness (QED) is 0.870. The van der Waals surface area contributed by atoms with Gasteiger partial charge in [-0.05, 0) is 47.0 Å². The smallest absolute Gasteiger partial charge is 0.224 e. The highest BCUT2D eigenvalue weighted by molar-refractivity contribution is 7.08. The summed E-state index contributed by atoms with van der Waals surface area (Å²) in [5, 5.41) is 17.7. The van der Waals surface area contributed by atoms with Gasteiger partial charge >= 0.3 is 0 Å². The van der Waals surface area contributed by atoms with Gasteiger partial charge in [-0.3, -0.25) is 4.79 Å². The van der Waals surface area contributed by atoms with Gasteiger partial charge in [0.15, 0.2) is 0 Å². The fourth-order valence-electron chi connectivity index (χ4n) is 1.87. The maximum Gasteiger partial charge on any atom is 0.224 e. The van der Waals surface area contributed by atoms with Crippen molar-refractivity contribution in [1.82, 2.24) is 5.32 Å². The van der Waals surface area contributed by atoms with Crippen LogP contribution in [0.1, 0.15) is 18.1 Å². The third-order valence-electron chi connectivity index (χ3n) is 3.17. The van der Waals surface area contributed by atoms with Gasteiger partial charge in [0, 0.05) is 10.0 Å². The monoisotopic (exact) mass is 343 g/mol. The molecule has 0 aliphatic carbocycles. The summed E-state index contributed by atoms with van der Waals surface area (Å²) in [6, 6.07) is 6.95. The lowest BCUT2D eigenvalue weighted by molar-refractivity contribution is -0.121. The molecule has 0 bridgehead atoms. The molecular formula is C15H15Cl2NO2S. The Morgan fingerprint density at radius 2 is 2.00 bits per heavy atom. The number of hydrogen-bond acceptors (Lipinski definition) is 3. The van der Waals surface area contributed by atoms with E-state index in [9.17, 15) is 9.90 Å². The van der Waals surface area contributed by atoms with Crippen LogP contribution in [0.4, 0.5) is 0 Å². The second-order valence-corrected chi connectivity index (χ2v) is 6.53. The molecule has 6 heteroatoms. The number of hydrogen-bond donors (Lipinski definition) is 2. The Labute approximate surface area is 137 Å². The first-order chi connectivity index (χ1) is 9.90. The zero-order chi connectivity index (χ0) is 15.5. The van der Waals surface area contributed by atoms with Gasteiger partial charge in [0.2, 0.25) is 5.91 Å². The van der Waals surface area contributed by atoms with E-state index in [-0.39, 0.29) is 18.9 Å². The first-order valence-corrected chi connectivity index (χ1v) is 8.04. The molecule has 0 aliphatic rings. The average Bonchev–Trinajstić information content (AvgIpc) is 2.96. The van der Waals surface area contributed by atoms with Crippen molar-refractivity contribution in [3.05, 3.63) is 56.2 Å². The number of nitrogens with one attached hydrogen (secondary N) is 1. The second kappa shape index (κ2) is 6.79. The highest BCUT2D eigenvalue weighted by Crippen LogP contribution is 2.25. The minimum Gasteiger partial charge on any atom is -0.384 e. The van der Waals surface area contributed by atoms with E-state index in [1.807, 2.05) is 16.8 Å². The van der Waals surface area contributed by atoms with Crippen LogP contribution in [0, 0.1) is 0 Å². The van der Waals surface area contributed by atoms with Crippen molar-refractivity contribution >= 4 is 40.4 Å². The summed E-state index contributed by atoms with van der Waals surface area (Å²) >= 11 is 13.6. The lowest BCUT2D eigenvalue weighted by Crippen LogP contribution is -2.39. The van der Waals surface area contributed by atoms with Gasteiger partial charge in [0.05, 0.1) is 13.0 Å². The Morgan fingerprint density at radius 1 is 1.33 bits per heavy atom. The van der Waals surface area contributed by atoms with Crippen LogP contribution < -0.4 is 5.32 Å². The standard InChI is InChI=1S/C15H15Cl2NO2S/c1-15(20,10-5-6-21-8-10)9-18-14(19)7-11-12(16)3-2-4-13(11)17/h2-6,8,20H,7,9H2,1H3,(H,18,19). The molecule has 0 saturated carbocycles. The van der Waals surface area contributed by atoms with Gasteiger partial charge in [-0.1, -0.05) is 29.3 Å². The number of carbonyl (C=O) groups excluding carboxylic acids is 1. The molecule has 1 aromatic heterocycles. The SMILES string of the molecule is CC(O)(CNC(=O)Cc1c(Cl)cccc1Cl)c1ccsc1. The van der Waals surface area contributed by atoms with Crippen LogP contribution in [0.15, 0.2) is 35.0 Å². The lowest BCUT2D eigenvalue weighted by Gasteiger charge is -2.23. The largest absolute Gasteiger partial charge is 0.384 e. The molecule has 1 aromatic carbocycles. The van der Waals surface area contributed by atoms with Gasteiger partial charge in [-0.25, -0.2) is 0 Å². The van der Waals surface area contributed by atoms with Crippen LogP contribution in [0.25, 0.3) is 0 Å². The second-order valence-electron chi connectivity index (χ2n) is 4.94. The summed E-state index contributed by atoms with van der Waals surface area (Å²) < 4.78 is 0. The fraction of sp³-hybridized carbons (Fsp3) is 0.267. The van der Waals surface area contributed by atoms with Crippen LogP contribution in [0.5, 0.6) is 0 Å². The molecule has 2 aromatic rings. The molecule has 1 amide bonds. The molecule has 0 fully saturated rings. The molecule has 21 heavy (non-hydrogen) atoms. The van der Waals surface area contributed by atoms with Crippen LogP contribution in [0.3, 0.4) is 0 Å². The van der Waals surface area contributed by atoms with Crippen LogP contribution >= 0.6 is 34.5 Å². The topological polar surface area (TPSA) is 49.3 Å². The third-order valence-corrected chi connectivity index (χ3v) is 4.56. The minimum absolute atomic E-state index is 0.0816. The van der Waals surface area contributed by atoms with E-state index in [1.165, 1.54) is 11.3 Å². The Balaban J connectivity index is 1.97. The van der Waals surface area contributed by atoms with E-state index >= 15 is 0 Å². The van der Waals surface area contributed by atoms with Crippen molar-refractivity contribution in [2.75, 3.05) is 6.54 Å². The maximum atomic E-state index is 12.0. The Morgan fingerprint density at radius 3 is 2.57 bits per heavy atom. The van der Waals surface area contributed by atoms with E-state index in [2.05, 4.69) is 5.32 Å². The summed E-state index contributed by atoms with van der Waals surface area (Å²) in [7, 11) is 0. The number of carbonyl (C=O) groups is 1. The Hall–Kier alpha value is -1.07. The van der Waals surface area contributed by atoms with Crippen molar-refractivity contribution in [2.45, 2.75) is 18.9 Å². The molecule has 0 radical (unpaired) electrons. The highest BCUT2D eigenvalue weighted by Gasteiger charge is 2.24. The number of rotatable bonds is 5. The van der Waals surface area contributed by atoms with E-state index in [1.54, 1.807) is 25.1 Å². The van der Waals surface area contributed by atoms with Crippen LogP contribution in [-0.4, -0.2) is 17.6 Å². The van der Waals surface area contributed by atoms with Gasteiger partial charge < -0.3 is 10.4 Å². The van der Waals surface area contributed by atoms with E-state index in [4.69, 9.17) is 23.2 Å². The molecule has 1 heterocycles. The zero-order valence-electron chi connectivity index (χ0n) is 11.4. The Bertz CT molecular complexity index is 606. The predicted octanol–water partition coefficient (Wildman–Crippen LogP) is 3.62. The van der Waals surface area contributed by atoms with Crippen molar-refractivity contribution < 1.29 is 9.90 Å². The summed E-state index contributed by atoms with van der Waals surface area (Å²) in [5.41, 5.74) is 0.275. The first-order valence-electron chi connectivity index (χ1n) is 6.35. The first kappa shape index (κ1) is 16.3. The highest BCUT2D eigenvalue weighted by atomic mass is 35.5. The van der Waals surface area contributed by atoms with E-state index in [0.29, 0.717) is 15.6 Å². The Kier molecular flexibility index (Phi) is 5.27. The van der Waals surface area contributed by atoms with Crippen molar-refractivity contribution in [1.29, 1.82) is 0 Å². The fourth-order valence-corrected chi connectivity index (χ4v) is 3.18. The summed E-state index contributed by atoms with van der Waals surface area (Å²) in [4.78, 5) is 12.0. The summed E-state index contributed by atoms with van der Waals surface area (Å²) in [6.07, 6.45) is 0.0816. The van der Waals surface area contributed by atoms with Crippen LogP contribution in [0.2, 0.25) is 10.0 Å². The molecule has 112 valence electrons. The number of benzene rings is 1. The van der Waals surface area contributed by atoms with Crippen LogP contribution in [-0.2, 0) is 16.8 Å². The number of halogens is 2. The molecule has 0 aliphatic heterocycles. The summed E-state index contributed by atoms with van der Waals surface area (Å²) in [6.45, 7) is 1.79. The zero-order valence-corrected chi connectivity index (χ0v) is 13.7. The molecule has 1 unspecified atom stereocenters. The molecule has 1 atom stereocenters.